The SMILES string of the molecule is COc1ccc(-c2ccc(OC(F)(F)F)c(C(=O)NC(C)(CO)Cc3c[nH]c4ccccc34)c2)c(CO)c1. The Morgan fingerprint density at radius 1 is 1.03 bits per heavy atom. The molecule has 1 heterocycles. The van der Waals surface area contributed by atoms with Crippen LogP contribution in [-0.2, 0) is 13.0 Å². The summed E-state index contributed by atoms with van der Waals surface area (Å²) >= 11 is 0. The number of aromatic amines is 1. The quantitative estimate of drug-likeness (QED) is 0.246. The summed E-state index contributed by atoms with van der Waals surface area (Å²) in [5.41, 5.74) is 1.47. The summed E-state index contributed by atoms with van der Waals surface area (Å²) in [6.45, 7) is 0.775. The van der Waals surface area contributed by atoms with Gasteiger partial charge in [0, 0.05) is 17.1 Å². The van der Waals surface area contributed by atoms with Crippen molar-refractivity contribution in [2.75, 3.05) is 13.7 Å². The van der Waals surface area contributed by atoms with Crippen LogP contribution in [-0.4, -0.2) is 46.7 Å². The molecule has 3 aromatic carbocycles. The van der Waals surface area contributed by atoms with Crippen LogP contribution in [0.15, 0.2) is 66.9 Å². The average molecular weight is 529 g/mol. The number of H-pyrrole nitrogens is 1. The number of para-hydroxylation sites is 1. The third-order valence-electron chi connectivity index (χ3n) is 6.26. The third kappa shape index (κ3) is 5.92. The average Bonchev–Trinajstić information content (AvgIpc) is 3.30. The lowest BCUT2D eigenvalue weighted by atomic mass is 9.92. The minimum atomic E-state index is -5.03. The molecule has 7 nitrogen and oxygen atoms in total. The van der Waals surface area contributed by atoms with Gasteiger partial charge >= 0.3 is 6.36 Å². The van der Waals surface area contributed by atoms with Gasteiger partial charge in [-0.25, -0.2) is 0 Å². The number of methoxy groups -OCH3 is 1. The van der Waals surface area contributed by atoms with Gasteiger partial charge in [-0.3, -0.25) is 4.79 Å². The Morgan fingerprint density at radius 3 is 2.47 bits per heavy atom. The van der Waals surface area contributed by atoms with Crippen molar-refractivity contribution in [2.45, 2.75) is 31.9 Å². The molecule has 0 aliphatic heterocycles. The Morgan fingerprint density at radius 2 is 1.79 bits per heavy atom. The Kier molecular flexibility index (Phi) is 7.66. The molecule has 0 radical (unpaired) electrons. The maximum atomic E-state index is 13.4. The molecule has 0 saturated carbocycles. The fourth-order valence-corrected chi connectivity index (χ4v) is 4.38. The minimum Gasteiger partial charge on any atom is -0.497 e. The molecular weight excluding hydrogens is 501 g/mol. The number of aliphatic hydroxyl groups is 2. The first kappa shape index (κ1) is 27.0. The lowest BCUT2D eigenvalue weighted by Gasteiger charge is -2.29. The molecule has 1 unspecified atom stereocenters. The van der Waals surface area contributed by atoms with Crippen LogP contribution < -0.4 is 14.8 Å². The molecule has 1 atom stereocenters. The van der Waals surface area contributed by atoms with Crippen LogP contribution in [0.1, 0.15) is 28.4 Å². The summed E-state index contributed by atoms with van der Waals surface area (Å²) in [6.07, 6.45) is -3.05. The Bertz CT molecular complexity index is 1450. The number of aliphatic hydroxyl groups excluding tert-OH is 2. The Balaban J connectivity index is 1.71. The van der Waals surface area contributed by atoms with E-state index in [9.17, 15) is 28.2 Å². The highest BCUT2D eigenvalue weighted by Crippen LogP contribution is 2.34. The normalized spacial score (nSPS) is 13.2. The Hall–Kier alpha value is -4.02. The van der Waals surface area contributed by atoms with E-state index in [1.54, 1.807) is 31.3 Å². The zero-order valence-electron chi connectivity index (χ0n) is 20.7. The number of hydrogen-bond acceptors (Lipinski definition) is 5. The number of fused-ring (bicyclic) bond motifs is 1. The molecule has 38 heavy (non-hydrogen) atoms. The maximum absolute atomic E-state index is 13.4. The highest BCUT2D eigenvalue weighted by atomic mass is 19.4. The molecule has 0 saturated heterocycles. The van der Waals surface area contributed by atoms with Gasteiger partial charge in [-0.2, -0.15) is 0 Å². The van der Waals surface area contributed by atoms with Gasteiger partial charge in [-0.1, -0.05) is 30.3 Å². The van der Waals surface area contributed by atoms with Crippen LogP contribution in [0.3, 0.4) is 0 Å². The second-order valence-electron chi connectivity index (χ2n) is 9.15. The van der Waals surface area contributed by atoms with Crippen molar-refractivity contribution in [1.29, 1.82) is 0 Å². The molecule has 4 N–H and O–H groups in total. The Labute approximate surface area is 216 Å². The number of amides is 1. The van der Waals surface area contributed by atoms with E-state index in [1.807, 2.05) is 24.3 Å². The topological polar surface area (TPSA) is 104 Å². The van der Waals surface area contributed by atoms with Gasteiger partial charge in [-0.15, -0.1) is 13.2 Å². The number of hydrogen-bond donors (Lipinski definition) is 4. The predicted molar refractivity (Wildman–Crippen MR) is 136 cm³/mol. The molecule has 200 valence electrons. The van der Waals surface area contributed by atoms with Crippen molar-refractivity contribution in [3.05, 3.63) is 83.6 Å². The molecule has 0 aliphatic carbocycles. The van der Waals surface area contributed by atoms with E-state index in [-0.39, 0.29) is 18.6 Å². The van der Waals surface area contributed by atoms with Gasteiger partial charge in [0.1, 0.15) is 11.5 Å². The zero-order valence-corrected chi connectivity index (χ0v) is 20.7. The van der Waals surface area contributed by atoms with Gasteiger partial charge in [0.2, 0.25) is 0 Å². The van der Waals surface area contributed by atoms with E-state index in [0.717, 1.165) is 22.5 Å². The van der Waals surface area contributed by atoms with Crippen molar-refractivity contribution in [3.63, 3.8) is 0 Å². The van der Waals surface area contributed by atoms with Crippen molar-refractivity contribution < 1.29 is 37.7 Å². The van der Waals surface area contributed by atoms with Crippen molar-refractivity contribution >= 4 is 16.8 Å². The largest absolute Gasteiger partial charge is 0.573 e. The first-order valence-electron chi connectivity index (χ1n) is 11.7. The molecule has 4 aromatic rings. The monoisotopic (exact) mass is 528 g/mol. The number of rotatable bonds is 9. The van der Waals surface area contributed by atoms with Gasteiger partial charge in [0.15, 0.2) is 0 Å². The van der Waals surface area contributed by atoms with Crippen LogP contribution in [0.4, 0.5) is 13.2 Å². The smallest absolute Gasteiger partial charge is 0.497 e. The van der Waals surface area contributed by atoms with Crippen LogP contribution in [0.5, 0.6) is 11.5 Å². The van der Waals surface area contributed by atoms with Crippen LogP contribution in [0, 0.1) is 0 Å². The third-order valence-corrected chi connectivity index (χ3v) is 6.26. The second-order valence-corrected chi connectivity index (χ2v) is 9.15. The second kappa shape index (κ2) is 10.8. The highest BCUT2D eigenvalue weighted by molar-refractivity contribution is 5.99. The lowest BCUT2D eigenvalue weighted by Crippen LogP contribution is -2.50. The van der Waals surface area contributed by atoms with Crippen molar-refractivity contribution in [3.8, 4) is 22.6 Å². The standard InChI is InChI=1S/C28H27F3N2O5/c1-27(16-35,13-19-14-32-24-6-4-3-5-22(19)24)33-26(36)23-12-17(7-10-25(23)38-28(29,30)31)21-9-8-20(37-2)11-18(21)15-34/h3-12,14,32,34-35H,13,15-16H2,1-2H3,(H,33,36). The number of alkyl halides is 3. The molecule has 0 spiro atoms. The molecule has 4 rings (SSSR count). The number of halogens is 3. The summed E-state index contributed by atoms with van der Waals surface area (Å²) in [6, 6.07) is 16.1. The van der Waals surface area contributed by atoms with Crippen LogP contribution in [0.25, 0.3) is 22.0 Å². The number of carbonyl (C=O) groups excluding carboxylic acids is 1. The van der Waals surface area contributed by atoms with E-state index in [4.69, 9.17) is 4.74 Å². The van der Waals surface area contributed by atoms with Crippen LogP contribution in [0.2, 0.25) is 0 Å². The number of aromatic nitrogens is 1. The maximum Gasteiger partial charge on any atom is 0.573 e. The van der Waals surface area contributed by atoms with Crippen LogP contribution >= 0.6 is 0 Å². The highest BCUT2D eigenvalue weighted by Gasteiger charge is 2.35. The van der Waals surface area contributed by atoms with Crippen molar-refractivity contribution in [1.82, 2.24) is 10.3 Å². The van der Waals surface area contributed by atoms with E-state index in [2.05, 4.69) is 15.0 Å². The molecule has 1 aromatic heterocycles. The number of benzene rings is 3. The molecule has 1 amide bonds. The number of nitrogens with one attached hydrogen (secondary N) is 2. The summed E-state index contributed by atoms with van der Waals surface area (Å²) in [5.74, 6) is -1.06. The van der Waals surface area contributed by atoms with Crippen molar-refractivity contribution in [2.24, 2.45) is 0 Å². The molecule has 0 aliphatic rings. The summed E-state index contributed by atoms with van der Waals surface area (Å²) in [5, 5.41) is 23.6. The minimum absolute atomic E-state index is 0.210. The summed E-state index contributed by atoms with van der Waals surface area (Å²) < 4.78 is 48.8. The fourth-order valence-electron chi connectivity index (χ4n) is 4.38. The van der Waals surface area contributed by atoms with E-state index >= 15 is 0 Å². The molecule has 0 bridgehead atoms. The van der Waals surface area contributed by atoms with Gasteiger partial charge in [-0.05, 0) is 65.9 Å². The van der Waals surface area contributed by atoms with Gasteiger partial charge in [0.05, 0.1) is 31.4 Å². The first-order valence-corrected chi connectivity index (χ1v) is 11.7. The zero-order chi connectivity index (χ0) is 27.5. The number of ether oxygens (including phenoxy) is 2. The molecular formula is C28H27F3N2O5. The van der Waals surface area contributed by atoms with E-state index in [1.165, 1.54) is 19.2 Å². The first-order chi connectivity index (χ1) is 18.1. The van der Waals surface area contributed by atoms with Gasteiger partial charge in [0.25, 0.3) is 5.91 Å². The lowest BCUT2D eigenvalue weighted by molar-refractivity contribution is -0.274. The molecule has 0 fully saturated rings. The summed E-state index contributed by atoms with van der Waals surface area (Å²) in [4.78, 5) is 16.5. The summed E-state index contributed by atoms with van der Waals surface area (Å²) in [7, 11) is 1.47. The fraction of sp³-hybridized carbons (Fsp3) is 0.250. The predicted octanol–water partition coefficient (Wildman–Crippen LogP) is 4.96. The van der Waals surface area contributed by atoms with Gasteiger partial charge < -0.3 is 30.0 Å². The number of carbonyl (C=O) groups is 1. The molecule has 10 heteroatoms. The van der Waals surface area contributed by atoms with E-state index < -0.39 is 30.2 Å². The van der Waals surface area contributed by atoms with E-state index in [0.29, 0.717) is 22.4 Å².